The van der Waals surface area contributed by atoms with Crippen LogP contribution in [0, 0.1) is 5.92 Å². The van der Waals surface area contributed by atoms with E-state index in [1.165, 1.54) is 12.8 Å². The number of hydrogen-bond acceptors (Lipinski definition) is 1. The minimum Gasteiger partial charge on any atom is -0.396 e. The molecule has 0 radical (unpaired) electrons. The average Bonchev–Trinajstić information content (AvgIpc) is 2.26. The highest BCUT2D eigenvalue weighted by molar-refractivity contribution is 6.31. The van der Waals surface area contributed by atoms with E-state index in [0.717, 1.165) is 23.4 Å². The number of aliphatic hydroxyl groups is 1. The topological polar surface area (TPSA) is 20.2 Å². The van der Waals surface area contributed by atoms with Gasteiger partial charge in [-0.3, -0.25) is 0 Å². The number of benzene rings is 1. The van der Waals surface area contributed by atoms with Crippen molar-refractivity contribution in [3.63, 3.8) is 0 Å². The second kappa shape index (κ2) is 6.86. The summed E-state index contributed by atoms with van der Waals surface area (Å²) in [5.74, 6) is 0.352. The van der Waals surface area contributed by atoms with Crippen LogP contribution in [0.3, 0.4) is 0 Å². The molecule has 0 amide bonds. The summed E-state index contributed by atoms with van der Waals surface area (Å²) in [5, 5.41) is 10.1. The van der Waals surface area contributed by atoms with Gasteiger partial charge in [0.25, 0.3) is 0 Å². The third-order valence-corrected chi connectivity index (χ3v) is 3.06. The molecule has 15 heavy (non-hydrogen) atoms. The highest BCUT2D eigenvalue weighted by atomic mass is 35.5. The Morgan fingerprint density at radius 2 is 2.07 bits per heavy atom. The lowest BCUT2D eigenvalue weighted by atomic mass is 9.95. The van der Waals surface area contributed by atoms with Gasteiger partial charge in [-0.2, -0.15) is 0 Å². The summed E-state index contributed by atoms with van der Waals surface area (Å²) in [5.41, 5.74) is 1.15. The fourth-order valence-corrected chi connectivity index (χ4v) is 1.94. The minimum atomic E-state index is 0.255. The van der Waals surface area contributed by atoms with E-state index in [1.807, 2.05) is 24.3 Å². The third kappa shape index (κ3) is 4.23. The number of unbranched alkanes of at least 4 members (excludes halogenated alkanes) is 1. The van der Waals surface area contributed by atoms with Gasteiger partial charge in [-0.15, -0.1) is 0 Å². The van der Waals surface area contributed by atoms with Crippen LogP contribution in [0.5, 0.6) is 0 Å². The van der Waals surface area contributed by atoms with Crippen molar-refractivity contribution in [3.05, 3.63) is 34.9 Å². The quantitative estimate of drug-likeness (QED) is 0.785. The number of halogens is 1. The molecule has 0 saturated heterocycles. The van der Waals surface area contributed by atoms with Crippen molar-refractivity contribution in [2.75, 3.05) is 6.61 Å². The lowest BCUT2D eigenvalue weighted by Gasteiger charge is -2.14. The molecule has 1 nitrogen and oxygen atoms in total. The molecule has 0 spiro atoms. The summed E-state index contributed by atoms with van der Waals surface area (Å²) in [6.45, 7) is 2.43. The fourth-order valence-electron chi connectivity index (χ4n) is 1.73. The summed E-state index contributed by atoms with van der Waals surface area (Å²) < 4.78 is 0. The fraction of sp³-hybridized carbons (Fsp3) is 0.538. The molecule has 1 N–H and O–H groups in total. The Morgan fingerprint density at radius 1 is 1.33 bits per heavy atom. The van der Waals surface area contributed by atoms with Gasteiger partial charge in [-0.05, 0) is 30.4 Å². The maximum atomic E-state index is 9.26. The second-order valence-corrected chi connectivity index (χ2v) is 4.39. The Bertz CT molecular complexity index is 286. The van der Waals surface area contributed by atoms with Gasteiger partial charge in [-0.1, -0.05) is 49.6 Å². The first-order valence-electron chi connectivity index (χ1n) is 5.62. The highest BCUT2D eigenvalue weighted by Crippen LogP contribution is 2.21. The van der Waals surface area contributed by atoms with Gasteiger partial charge in [0, 0.05) is 11.6 Å². The predicted molar refractivity (Wildman–Crippen MR) is 65.3 cm³/mol. The van der Waals surface area contributed by atoms with E-state index in [9.17, 15) is 5.11 Å². The van der Waals surface area contributed by atoms with E-state index in [2.05, 4.69) is 6.92 Å². The summed E-state index contributed by atoms with van der Waals surface area (Å²) >= 11 is 6.08. The Kier molecular flexibility index (Phi) is 5.74. The predicted octanol–water partition coefficient (Wildman–Crippen LogP) is 3.68. The van der Waals surface area contributed by atoms with Gasteiger partial charge in [0.1, 0.15) is 0 Å². The van der Waals surface area contributed by atoms with Crippen LogP contribution in [0.1, 0.15) is 31.7 Å². The van der Waals surface area contributed by atoms with Gasteiger partial charge >= 0.3 is 0 Å². The van der Waals surface area contributed by atoms with Crippen molar-refractivity contribution in [3.8, 4) is 0 Å². The van der Waals surface area contributed by atoms with Crippen molar-refractivity contribution in [2.45, 2.75) is 32.6 Å². The Balaban J connectivity index is 2.54. The van der Waals surface area contributed by atoms with Gasteiger partial charge in [0.2, 0.25) is 0 Å². The van der Waals surface area contributed by atoms with Gasteiger partial charge in [-0.25, -0.2) is 0 Å². The number of rotatable bonds is 6. The molecule has 1 atom stereocenters. The van der Waals surface area contributed by atoms with Crippen LogP contribution in [0.4, 0.5) is 0 Å². The SMILES string of the molecule is CCCCC(CO)Cc1ccccc1Cl. The standard InChI is InChI=1S/C13H19ClO/c1-2-3-6-11(10-15)9-12-7-4-5-8-13(12)14/h4-5,7-8,11,15H,2-3,6,9-10H2,1H3. The van der Waals surface area contributed by atoms with Crippen molar-refractivity contribution in [2.24, 2.45) is 5.92 Å². The van der Waals surface area contributed by atoms with Crippen LogP contribution < -0.4 is 0 Å². The van der Waals surface area contributed by atoms with E-state index < -0.39 is 0 Å². The Hall–Kier alpha value is -0.530. The average molecular weight is 227 g/mol. The van der Waals surface area contributed by atoms with E-state index in [1.54, 1.807) is 0 Å². The zero-order valence-corrected chi connectivity index (χ0v) is 10.0. The minimum absolute atomic E-state index is 0.255. The van der Waals surface area contributed by atoms with Gasteiger partial charge < -0.3 is 5.11 Å². The molecule has 0 bridgehead atoms. The summed E-state index contributed by atoms with van der Waals surface area (Å²) in [7, 11) is 0. The Labute approximate surface area is 97.1 Å². The largest absolute Gasteiger partial charge is 0.396 e. The van der Waals surface area contributed by atoms with Crippen molar-refractivity contribution < 1.29 is 5.11 Å². The lowest BCUT2D eigenvalue weighted by molar-refractivity contribution is 0.215. The number of aliphatic hydroxyl groups excluding tert-OH is 1. The molecule has 0 aromatic heterocycles. The summed E-state index contributed by atoms with van der Waals surface area (Å²) in [6.07, 6.45) is 4.32. The van der Waals surface area contributed by atoms with Crippen molar-refractivity contribution in [1.82, 2.24) is 0 Å². The van der Waals surface area contributed by atoms with Crippen LogP contribution >= 0.6 is 11.6 Å². The first-order valence-corrected chi connectivity index (χ1v) is 6.00. The molecule has 1 unspecified atom stereocenters. The van der Waals surface area contributed by atoms with Gasteiger partial charge in [0.15, 0.2) is 0 Å². The molecule has 0 heterocycles. The normalized spacial score (nSPS) is 12.7. The van der Waals surface area contributed by atoms with E-state index in [4.69, 9.17) is 11.6 Å². The molecule has 1 aromatic rings. The smallest absolute Gasteiger partial charge is 0.0462 e. The zero-order valence-electron chi connectivity index (χ0n) is 9.25. The molecular formula is C13H19ClO. The van der Waals surface area contributed by atoms with E-state index >= 15 is 0 Å². The van der Waals surface area contributed by atoms with E-state index in [-0.39, 0.29) is 6.61 Å². The van der Waals surface area contributed by atoms with Crippen LogP contribution in [-0.2, 0) is 6.42 Å². The maximum absolute atomic E-state index is 9.26. The molecular weight excluding hydrogens is 208 g/mol. The van der Waals surface area contributed by atoms with Gasteiger partial charge in [0.05, 0.1) is 0 Å². The number of hydrogen-bond donors (Lipinski definition) is 1. The summed E-state index contributed by atoms with van der Waals surface area (Å²) in [4.78, 5) is 0. The molecule has 2 heteroatoms. The van der Waals surface area contributed by atoms with Crippen molar-refractivity contribution in [1.29, 1.82) is 0 Å². The zero-order chi connectivity index (χ0) is 11.1. The molecule has 1 rings (SSSR count). The van der Waals surface area contributed by atoms with Crippen LogP contribution in [0.25, 0.3) is 0 Å². The molecule has 0 fully saturated rings. The van der Waals surface area contributed by atoms with Crippen LogP contribution in [-0.4, -0.2) is 11.7 Å². The molecule has 84 valence electrons. The van der Waals surface area contributed by atoms with Crippen LogP contribution in [0.2, 0.25) is 5.02 Å². The molecule has 0 aliphatic carbocycles. The second-order valence-electron chi connectivity index (χ2n) is 3.99. The van der Waals surface area contributed by atoms with Crippen LogP contribution in [0.15, 0.2) is 24.3 Å². The third-order valence-electron chi connectivity index (χ3n) is 2.69. The van der Waals surface area contributed by atoms with E-state index in [0.29, 0.717) is 5.92 Å². The maximum Gasteiger partial charge on any atom is 0.0462 e. The molecule has 0 aliphatic heterocycles. The van der Waals surface area contributed by atoms with Crippen molar-refractivity contribution >= 4 is 11.6 Å². The first-order chi connectivity index (χ1) is 7.27. The lowest BCUT2D eigenvalue weighted by Crippen LogP contribution is -2.09. The summed E-state index contributed by atoms with van der Waals surface area (Å²) in [6, 6.07) is 7.88. The molecule has 0 aliphatic rings. The first kappa shape index (κ1) is 12.5. The monoisotopic (exact) mass is 226 g/mol. The highest BCUT2D eigenvalue weighted by Gasteiger charge is 2.09. The molecule has 1 aromatic carbocycles. The molecule has 0 saturated carbocycles. The Morgan fingerprint density at radius 3 is 2.67 bits per heavy atom.